The number of hydrogen-bond donors (Lipinski definition) is 0. The number of halogens is 1. The lowest BCUT2D eigenvalue weighted by molar-refractivity contribution is -0.0320. The Morgan fingerprint density at radius 2 is 2.13 bits per heavy atom. The maximum atomic E-state index is 6.07. The molecule has 0 saturated carbocycles. The summed E-state index contributed by atoms with van der Waals surface area (Å²) in [5, 5.41) is 1.09. The third-order valence-electron chi connectivity index (χ3n) is 3.45. The van der Waals surface area contributed by atoms with Crippen LogP contribution in [0.2, 0.25) is 0 Å². The maximum Gasteiger partial charge on any atom is 0.0631 e. The molecule has 0 aliphatic carbocycles. The highest BCUT2D eigenvalue weighted by molar-refractivity contribution is 9.09. The summed E-state index contributed by atoms with van der Waals surface area (Å²) in [5.74, 6) is 0. The van der Waals surface area contributed by atoms with Crippen LogP contribution in [0.5, 0.6) is 0 Å². The summed E-state index contributed by atoms with van der Waals surface area (Å²) in [7, 11) is 0. The highest BCUT2D eigenvalue weighted by atomic mass is 79.9. The first kappa shape index (κ1) is 13.5. The number of alkyl halides is 1. The van der Waals surface area contributed by atoms with Crippen LogP contribution >= 0.6 is 15.9 Å². The Bertz CT molecular complexity index is 203. The Balaban J connectivity index is 2.46. The van der Waals surface area contributed by atoms with Crippen LogP contribution in [0.15, 0.2) is 0 Å². The van der Waals surface area contributed by atoms with Crippen molar-refractivity contribution in [2.75, 3.05) is 5.33 Å². The smallest absolute Gasteiger partial charge is 0.0631 e. The van der Waals surface area contributed by atoms with Gasteiger partial charge in [0.05, 0.1) is 11.7 Å². The van der Waals surface area contributed by atoms with Crippen molar-refractivity contribution in [1.29, 1.82) is 0 Å². The van der Waals surface area contributed by atoms with Gasteiger partial charge in [0.2, 0.25) is 0 Å². The zero-order valence-electron chi connectivity index (χ0n) is 10.6. The van der Waals surface area contributed by atoms with Crippen molar-refractivity contribution < 1.29 is 4.74 Å². The molecule has 0 radical (unpaired) electrons. The quantitative estimate of drug-likeness (QED) is 0.670. The first-order valence-corrected chi connectivity index (χ1v) is 7.27. The fourth-order valence-electron chi connectivity index (χ4n) is 2.60. The largest absolute Gasteiger partial charge is 0.372 e. The van der Waals surface area contributed by atoms with Crippen molar-refractivity contribution >= 4 is 15.9 Å². The fraction of sp³-hybridized carbons (Fsp3) is 1.00. The molecule has 1 fully saturated rings. The molecule has 90 valence electrons. The SMILES string of the molecule is CCCC(C)(CBr)CC1CCC(C)(C)O1. The summed E-state index contributed by atoms with van der Waals surface area (Å²) in [6, 6.07) is 0. The highest BCUT2D eigenvalue weighted by Gasteiger charge is 2.35. The lowest BCUT2D eigenvalue weighted by Gasteiger charge is -2.30. The van der Waals surface area contributed by atoms with Crippen LogP contribution in [0.1, 0.15) is 59.8 Å². The third-order valence-corrected chi connectivity index (χ3v) is 4.80. The van der Waals surface area contributed by atoms with Crippen molar-refractivity contribution in [3.8, 4) is 0 Å². The summed E-state index contributed by atoms with van der Waals surface area (Å²) >= 11 is 3.65. The van der Waals surface area contributed by atoms with Gasteiger partial charge in [0.25, 0.3) is 0 Å². The first-order valence-electron chi connectivity index (χ1n) is 6.14. The van der Waals surface area contributed by atoms with Crippen molar-refractivity contribution in [1.82, 2.24) is 0 Å². The number of rotatable bonds is 5. The lowest BCUT2D eigenvalue weighted by atomic mass is 9.82. The summed E-state index contributed by atoms with van der Waals surface area (Å²) in [4.78, 5) is 0. The normalized spacial score (nSPS) is 29.0. The lowest BCUT2D eigenvalue weighted by Crippen LogP contribution is -2.27. The minimum atomic E-state index is 0.115. The van der Waals surface area contributed by atoms with Gasteiger partial charge in [0.15, 0.2) is 0 Å². The van der Waals surface area contributed by atoms with Crippen LogP contribution in [-0.2, 0) is 4.74 Å². The molecule has 0 aromatic carbocycles. The predicted molar refractivity (Wildman–Crippen MR) is 69.6 cm³/mol. The van der Waals surface area contributed by atoms with Gasteiger partial charge < -0.3 is 4.74 Å². The molecular weight excluding hydrogens is 252 g/mol. The van der Waals surface area contributed by atoms with E-state index in [0.717, 1.165) is 5.33 Å². The Hall–Kier alpha value is 0.440. The van der Waals surface area contributed by atoms with Crippen molar-refractivity contribution in [3.63, 3.8) is 0 Å². The molecule has 1 aliphatic heterocycles. The Labute approximate surface area is 103 Å². The van der Waals surface area contributed by atoms with E-state index in [-0.39, 0.29) is 5.60 Å². The van der Waals surface area contributed by atoms with Crippen LogP contribution < -0.4 is 0 Å². The van der Waals surface area contributed by atoms with Gasteiger partial charge >= 0.3 is 0 Å². The zero-order valence-corrected chi connectivity index (χ0v) is 12.2. The fourth-order valence-corrected chi connectivity index (χ4v) is 3.11. The van der Waals surface area contributed by atoms with Gasteiger partial charge in [0.1, 0.15) is 0 Å². The Kier molecular flexibility index (Phi) is 4.66. The molecule has 0 bridgehead atoms. The summed E-state index contributed by atoms with van der Waals surface area (Å²) < 4.78 is 6.07. The molecule has 1 saturated heterocycles. The molecule has 0 N–H and O–H groups in total. The first-order chi connectivity index (χ1) is 6.91. The summed E-state index contributed by atoms with van der Waals surface area (Å²) in [6.45, 7) is 9.05. The molecule has 0 spiro atoms. The van der Waals surface area contributed by atoms with Crippen LogP contribution in [0.4, 0.5) is 0 Å². The molecule has 1 nitrogen and oxygen atoms in total. The summed E-state index contributed by atoms with van der Waals surface area (Å²) in [6.07, 6.45) is 6.68. The zero-order chi connectivity index (χ0) is 11.5. The van der Waals surface area contributed by atoms with E-state index in [9.17, 15) is 0 Å². The van der Waals surface area contributed by atoms with E-state index in [4.69, 9.17) is 4.74 Å². The topological polar surface area (TPSA) is 9.23 Å². The van der Waals surface area contributed by atoms with Crippen LogP contribution in [0.3, 0.4) is 0 Å². The molecule has 0 aromatic heterocycles. The number of ether oxygens (including phenoxy) is 1. The second-order valence-corrected chi connectivity index (χ2v) is 6.50. The third kappa shape index (κ3) is 4.07. The molecule has 15 heavy (non-hydrogen) atoms. The molecule has 0 aromatic rings. The molecule has 1 heterocycles. The molecule has 2 unspecified atom stereocenters. The van der Waals surface area contributed by atoms with E-state index in [1.165, 1.54) is 32.1 Å². The average Bonchev–Trinajstić information content (AvgIpc) is 2.46. The van der Waals surface area contributed by atoms with Gasteiger partial charge in [-0.25, -0.2) is 0 Å². The van der Waals surface area contributed by atoms with E-state index < -0.39 is 0 Å². The monoisotopic (exact) mass is 276 g/mol. The van der Waals surface area contributed by atoms with Gasteiger partial charge in [-0.15, -0.1) is 0 Å². The van der Waals surface area contributed by atoms with E-state index in [1.54, 1.807) is 0 Å². The second-order valence-electron chi connectivity index (χ2n) is 5.94. The van der Waals surface area contributed by atoms with Crippen molar-refractivity contribution in [2.24, 2.45) is 5.41 Å². The van der Waals surface area contributed by atoms with Crippen LogP contribution in [0.25, 0.3) is 0 Å². The van der Waals surface area contributed by atoms with E-state index >= 15 is 0 Å². The van der Waals surface area contributed by atoms with Gasteiger partial charge in [-0.1, -0.05) is 36.2 Å². The molecule has 0 amide bonds. The highest BCUT2D eigenvalue weighted by Crippen LogP contribution is 2.39. The Morgan fingerprint density at radius 3 is 2.53 bits per heavy atom. The van der Waals surface area contributed by atoms with Gasteiger partial charge in [0, 0.05) is 5.33 Å². The van der Waals surface area contributed by atoms with Gasteiger partial charge in [-0.2, -0.15) is 0 Å². The predicted octanol–water partition coefficient (Wildman–Crippen LogP) is 4.54. The minimum absolute atomic E-state index is 0.115. The molecule has 2 heteroatoms. The second kappa shape index (κ2) is 5.18. The molecular formula is C13H25BrO. The standard InChI is InChI=1S/C13H25BrO/c1-5-7-13(4,10-14)9-11-6-8-12(2,3)15-11/h11H,5-10H2,1-4H3. The van der Waals surface area contributed by atoms with Crippen molar-refractivity contribution in [2.45, 2.75) is 71.5 Å². The van der Waals surface area contributed by atoms with E-state index in [1.807, 2.05) is 0 Å². The summed E-state index contributed by atoms with van der Waals surface area (Å²) in [5.41, 5.74) is 0.532. The van der Waals surface area contributed by atoms with E-state index in [2.05, 4.69) is 43.6 Å². The maximum absolute atomic E-state index is 6.07. The van der Waals surface area contributed by atoms with Crippen LogP contribution in [-0.4, -0.2) is 17.0 Å². The van der Waals surface area contributed by atoms with E-state index in [0.29, 0.717) is 11.5 Å². The van der Waals surface area contributed by atoms with Gasteiger partial charge in [-0.3, -0.25) is 0 Å². The van der Waals surface area contributed by atoms with Gasteiger partial charge in [-0.05, 0) is 44.9 Å². The number of hydrogen-bond acceptors (Lipinski definition) is 1. The molecule has 1 rings (SSSR count). The molecule has 1 aliphatic rings. The van der Waals surface area contributed by atoms with Crippen LogP contribution in [0, 0.1) is 5.41 Å². The minimum Gasteiger partial charge on any atom is -0.372 e. The Morgan fingerprint density at radius 1 is 1.47 bits per heavy atom. The van der Waals surface area contributed by atoms with Crippen molar-refractivity contribution in [3.05, 3.63) is 0 Å². The molecule has 2 atom stereocenters. The average molecular weight is 277 g/mol.